The highest BCUT2D eigenvalue weighted by Gasteiger charge is 2.14. The molecule has 2 aromatic carbocycles. The summed E-state index contributed by atoms with van der Waals surface area (Å²) in [6.45, 7) is 2.82. The molecule has 0 spiro atoms. The van der Waals surface area contributed by atoms with Crippen molar-refractivity contribution in [1.82, 2.24) is 9.55 Å². The molecule has 5 nitrogen and oxygen atoms in total. The average Bonchev–Trinajstić information content (AvgIpc) is 2.63. The maximum Gasteiger partial charge on any atom is 0.261 e. The number of hydrogen-bond donors (Lipinski definition) is 0. The number of fused-ring (bicyclic) bond motifs is 1. The molecule has 0 fully saturated rings. The first kappa shape index (κ1) is 17.4. The third-order valence-electron chi connectivity index (χ3n) is 4.04. The molecule has 1 heterocycles. The van der Waals surface area contributed by atoms with Crippen LogP contribution in [0, 0.1) is 0 Å². The number of aromatic nitrogens is 2. The van der Waals surface area contributed by atoms with Crippen LogP contribution in [0.3, 0.4) is 0 Å². The minimum absolute atomic E-state index is 0.0186. The molecule has 6 heteroatoms. The van der Waals surface area contributed by atoms with E-state index in [1.54, 1.807) is 17.0 Å². The van der Waals surface area contributed by atoms with Crippen LogP contribution in [0.5, 0.6) is 0 Å². The zero-order chi connectivity index (χ0) is 17.8. The largest absolute Gasteiger partial charge is 0.313 e. The number of hydrogen-bond acceptors (Lipinski definition) is 3. The van der Waals surface area contributed by atoms with Gasteiger partial charge in [0.2, 0.25) is 5.91 Å². The SMILES string of the molecule is CCN(C(=O)CCn1cnc2ccc(Br)cc2c1=O)c1ccccc1. The van der Waals surface area contributed by atoms with Gasteiger partial charge in [-0.3, -0.25) is 14.2 Å². The van der Waals surface area contributed by atoms with Crippen LogP contribution in [-0.2, 0) is 11.3 Å². The van der Waals surface area contributed by atoms with E-state index in [2.05, 4.69) is 20.9 Å². The lowest BCUT2D eigenvalue weighted by molar-refractivity contribution is -0.118. The Morgan fingerprint density at radius 2 is 1.96 bits per heavy atom. The molecule has 0 atom stereocenters. The normalized spacial score (nSPS) is 10.8. The van der Waals surface area contributed by atoms with E-state index in [0.29, 0.717) is 24.0 Å². The lowest BCUT2D eigenvalue weighted by Gasteiger charge is -2.21. The number of rotatable bonds is 5. The zero-order valence-electron chi connectivity index (χ0n) is 13.9. The molecule has 0 aliphatic carbocycles. The fraction of sp³-hybridized carbons (Fsp3) is 0.211. The maximum absolute atomic E-state index is 12.6. The van der Waals surface area contributed by atoms with Crippen molar-refractivity contribution in [2.75, 3.05) is 11.4 Å². The molecule has 0 aliphatic heterocycles. The fourth-order valence-corrected chi connectivity index (χ4v) is 3.11. The number of halogens is 1. The molecule has 1 aromatic heterocycles. The van der Waals surface area contributed by atoms with Gasteiger partial charge in [-0.2, -0.15) is 0 Å². The predicted molar refractivity (Wildman–Crippen MR) is 103 cm³/mol. The second kappa shape index (κ2) is 7.61. The van der Waals surface area contributed by atoms with Gasteiger partial charge in [0.15, 0.2) is 0 Å². The molecular weight excluding hydrogens is 382 g/mol. The summed E-state index contributed by atoms with van der Waals surface area (Å²) in [5, 5.41) is 0.541. The molecule has 128 valence electrons. The molecule has 0 saturated heterocycles. The van der Waals surface area contributed by atoms with Crippen molar-refractivity contribution in [1.29, 1.82) is 0 Å². The maximum atomic E-state index is 12.6. The summed E-state index contributed by atoms with van der Waals surface area (Å²) in [5.74, 6) is -0.0186. The number of aryl methyl sites for hydroxylation is 1. The molecule has 3 rings (SSSR count). The minimum Gasteiger partial charge on any atom is -0.313 e. The smallest absolute Gasteiger partial charge is 0.261 e. The molecule has 0 N–H and O–H groups in total. The van der Waals surface area contributed by atoms with Gasteiger partial charge in [0.05, 0.1) is 17.2 Å². The third-order valence-corrected chi connectivity index (χ3v) is 4.53. The van der Waals surface area contributed by atoms with Crippen molar-refractivity contribution in [2.45, 2.75) is 19.9 Å². The van der Waals surface area contributed by atoms with Crippen molar-refractivity contribution in [3.05, 3.63) is 69.7 Å². The summed E-state index contributed by atoms with van der Waals surface area (Å²) in [6, 6.07) is 14.9. The van der Waals surface area contributed by atoms with Gasteiger partial charge in [-0.25, -0.2) is 4.98 Å². The average molecular weight is 400 g/mol. The van der Waals surface area contributed by atoms with E-state index >= 15 is 0 Å². The van der Waals surface area contributed by atoms with Gasteiger partial charge < -0.3 is 4.90 Å². The molecule has 0 radical (unpaired) electrons. The molecule has 0 saturated carbocycles. The number of benzene rings is 2. The Bertz CT molecular complexity index is 954. The van der Waals surface area contributed by atoms with Crippen LogP contribution in [0.2, 0.25) is 0 Å². The van der Waals surface area contributed by atoms with Gasteiger partial charge in [0, 0.05) is 29.7 Å². The molecule has 3 aromatic rings. The Kier molecular flexibility index (Phi) is 5.28. The summed E-state index contributed by atoms with van der Waals surface area (Å²) in [7, 11) is 0. The summed E-state index contributed by atoms with van der Waals surface area (Å²) in [5.41, 5.74) is 1.38. The highest BCUT2D eigenvalue weighted by atomic mass is 79.9. The Balaban J connectivity index is 1.79. The Labute approximate surface area is 154 Å². The molecular formula is C19H18BrN3O2. The van der Waals surface area contributed by atoms with E-state index in [-0.39, 0.29) is 17.9 Å². The van der Waals surface area contributed by atoms with Crippen LogP contribution >= 0.6 is 15.9 Å². The van der Waals surface area contributed by atoms with Gasteiger partial charge in [-0.15, -0.1) is 0 Å². The third kappa shape index (κ3) is 3.79. The topological polar surface area (TPSA) is 55.2 Å². The van der Waals surface area contributed by atoms with Crippen molar-refractivity contribution < 1.29 is 4.79 Å². The molecule has 0 bridgehead atoms. The fourth-order valence-electron chi connectivity index (χ4n) is 2.75. The van der Waals surface area contributed by atoms with Gasteiger partial charge >= 0.3 is 0 Å². The summed E-state index contributed by atoms with van der Waals surface area (Å²) in [6.07, 6.45) is 1.74. The summed E-state index contributed by atoms with van der Waals surface area (Å²) >= 11 is 3.37. The van der Waals surface area contributed by atoms with Crippen molar-refractivity contribution >= 4 is 38.4 Å². The zero-order valence-corrected chi connectivity index (χ0v) is 15.4. The number of amides is 1. The van der Waals surface area contributed by atoms with Crippen LogP contribution in [0.25, 0.3) is 10.9 Å². The number of para-hydroxylation sites is 1. The van der Waals surface area contributed by atoms with Gasteiger partial charge in [0.1, 0.15) is 0 Å². The number of carbonyl (C=O) groups excluding carboxylic acids is 1. The Morgan fingerprint density at radius 3 is 2.68 bits per heavy atom. The molecule has 0 aliphatic rings. The molecule has 0 unspecified atom stereocenters. The number of nitrogens with zero attached hydrogens (tertiary/aromatic N) is 3. The van der Waals surface area contributed by atoms with Gasteiger partial charge in [-0.05, 0) is 37.3 Å². The van der Waals surface area contributed by atoms with E-state index in [0.717, 1.165) is 10.2 Å². The van der Waals surface area contributed by atoms with Crippen LogP contribution < -0.4 is 10.5 Å². The first-order valence-electron chi connectivity index (χ1n) is 8.10. The highest BCUT2D eigenvalue weighted by Crippen LogP contribution is 2.16. The van der Waals surface area contributed by atoms with Crippen LogP contribution in [-0.4, -0.2) is 22.0 Å². The molecule has 25 heavy (non-hydrogen) atoms. The lowest BCUT2D eigenvalue weighted by atomic mass is 10.2. The van der Waals surface area contributed by atoms with Gasteiger partial charge in [-0.1, -0.05) is 34.1 Å². The van der Waals surface area contributed by atoms with Crippen molar-refractivity contribution in [3.8, 4) is 0 Å². The van der Waals surface area contributed by atoms with Gasteiger partial charge in [0.25, 0.3) is 5.56 Å². The predicted octanol–water partition coefficient (Wildman–Crippen LogP) is 3.60. The van der Waals surface area contributed by atoms with Crippen molar-refractivity contribution in [3.63, 3.8) is 0 Å². The van der Waals surface area contributed by atoms with E-state index in [9.17, 15) is 9.59 Å². The van der Waals surface area contributed by atoms with Crippen molar-refractivity contribution in [2.24, 2.45) is 0 Å². The van der Waals surface area contributed by atoms with Crippen LogP contribution in [0.1, 0.15) is 13.3 Å². The molecule has 1 amide bonds. The second-order valence-corrected chi connectivity index (χ2v) is 6.54. The highest BCUT2D eigenvalue weighted by molar-refractivity contribution is 9.10. The van der Waals surface area contributed by atoms with Crippen LogP contribution in [0.4, 0.5) is 5.69 Å². The standard InChI is InChI=1S/C19H18BrN3O2/c1-2-23(15-6-4-3-5-7-15)18(24)10-11-22-13-21-17-9-8-14(20)12-16(17)19(22)25/h3-9,12-13H,2,10-11H2,1H3. The number of anilines is 1. The minimum atomic E-state index is -0.137. The van der Waals surface area contributed by atoms with Crippen LogP contribution in [0.15, 0.2) is 64.1 Å². The first-order chi connectivity index (χ1) is 12.1. The first-order valence-corrected chi connectivity index (χ1v) is 8.89. The van der Waals surface area contributed by atoms with E-state index < -0.39 is 0 Å². The monoisotopic (exact) mass is 399 g/mol. The van der Waals surface area contributed by atoms with E-state index in [4.69, 9.17) is 0 Å². The van der Waals surface area contributed by atoms with E-state index in [1.165, 1.54) is 10.9 Å². The second-order valence-electron chi connectivity index (χ2n) is 5.63. The summed E-state index contributed by atoms with van der Waals surface area (Å²) < 4.78 is 2.32. The Hall–Kier alpha value is -2.47. The Morgan fingerprint density at radius 1 is 1.20 bits per heavy atom. The quantitative estimate of drug-likeness (QED) is 0.658. The summed E-state index contributed by atoms with van der Waals surface area (Å²) in [4.78, 5) is 31.2. The van der Waals surface area contributed by atoms with E-state index in [1.807, 2.05) is 43.3 Å². The number of carbonyl (C=O) groups is 1. The lowest BCUT2D eigenvalue weighted by Crippen LogP contribution is -2.32.